The van der Waals surface area contributed by atoms with Crippen molar-refractivity contribution in [2.75, 3.05) is 30.3 Å². The molecule has 2 aromatic carbocycles. The van der Waals surface area contributed by atoms with Crippen molar-refractivity contribution >= 4 is 17.3 Å². The first-order valence-corrected chi connectivity index (χ1v) is 7.31. The fourth-order valence-corrected chi connectivity index (χ4v) is 2.56. The summed E-state index contributed by atoms with van der Waals surface area (Å²) in [5.74, 6) is 0.710. The average molecular weight is 297 g/mol. The maximum atomic E-state index is 12.2. The normalized spacial score (nSPS) is 13.2. The molecule has 5 heteroatoms. The zero-order valence-corrected chi connectivity index (χ0v) is 12.3. The van der Waals surface area contributed by atoms with E-state index in [1.54, 1.807) is 0 Å². The Bertz CT molecular complexity index is 658. The number of carbonyl (C=O) groups is 1. The van der Waals surface area contributed by atoms with Crippen LogP contribution >= 0.6 is 0 Å². The van der Waals surface area contributed by atoms with Gasteiger partial charge in [-0.1, -0.05) is 36.4 Å². The van der Waals surface area contributed by atoms with Crippen LogP contribution in [0.4, 0.5) is 11.4 Å². The van der Waals surface area contributed by atoms with Gasteiger partial charge in [-0.2, -0.15) is 0 Å². The van der Waals surface area contributed by atoms with Crippen molar-refractivity contribution in [1.29, 1.82) is 0 Å². The molecular weight excluding hydrogens is 278 g/mol. The van der Waals surface area contributed by atoms with Gasteiger partial charge in [-0.15, -0.1) is 0 Å². The van der Waals surface area contributed by atoms with E-state index >= 15 is 0 Å². The first kappa shape index (κ1) is 14.3. The van der Waals surface area contributed by atoms with Crippen LogP contribution in [0.3, 0.4) is 0 Å². The third-order valence-electron chi connectivity index (χ3n) is 3.63. The van der Waals surface area contributed by atoms with E-state index in [0.29, 0.717) is 25.4 Å². The van der Waals surface area contributed by atoms with E-state index in [-0.39, 0.29) is 12.5 Å². The minimum Gasteiger partial charge on any atom is -0.489 e. The van der Waals surface area contributed by atoms with Gasteiger partial charge in [0.25, 0.3) is 0 Å². The lowest BCUT2D eigenvalue weighted by molar-refractivity contribution is -0.119. The first-order chi connectivity index (χ1) is 10.7. The summed E-state index contributed by atoms with van der Waals surface area (Å²) < 4.78 is 5.59. The number of para-hydroxylation sites is 1. The van der Waals surface area contributed by atoms with Crippen LogP contribution in [0.5, 0.6) is 5.75 Å². The number of nitrogens with zero attached hydrogens (tertiary/aromatic N) is 1. The Balaban J connectivity index is 1.63. The zero-order valence-electron chi connectivity index (χ0n) is 12.3. The summed E-state index contributed by atoms with van der Waals surface area (Å²) in [6.45, 7) is 2.01. The summed E-state index contributed by atoms with van der Waals surface area (Å²) in [7, 11) is 0. The SMILES string of the molecule is Nc1cccc2c1N(CC(=O)NCc1ccccc1)CCO2. The lowest BCUT2D eigenvalue weighted by Crippen LogP contribution is -2.41. The highest BCUT2D eigenvalue weighted by molar-refractivity contribution is 5.85. The monoisotopic (exact) mass is 297 g/mol. The van der Waals surface area contributed by atoms with Crippen LogP contribution in [0.25, 0.3) is 0 Å². The molecular formula is C17H19N3O2. The van der Waals surface area contributed by atoms with Crippen LogP contribution in [-0.2, 0) is 11.3 Å². The number of fused-ring (bicyclic) bond motifs is 1. The minimum atomic E-state index is -0.0278. The van der Waals surface area contributed by atoms with Gasteiger partial charge in [0, 0.05) is 6.54 Å². The van der Waals surface area contributed by atoms with Crippen molar-refractivity contribution in [3.05, 3.63) is 54.1 Å². The Kier molecular flexibility index (Phi) is 4.14. The number of rotatable bonds is 4. The number of amides is 1. The van der Waals surface area contributed by atoms with Crippen LogP contribution < -0.4 is 20.7 Å². The predicted molar refractivity (Wildman–Crippen MR) is 86.9 cm³/mol. The molecule has 114 valence electrons. The number of anilines is 2. The van der Waals surface area contributed by atoms with Crippen molar-refractivity contribution in [3.8, 4) is 5.75 Å². The topological polar surface area (TPSA) is 67.6 Å². The molecule has 0 fully saturated rings. The molecule has 0 spiro atoms. The smallest absolute Gasteiger partial charge is 0.239 e. The number of carbonyl (C=O) groups excluding carboxylic acids is 1. The van der Waals surface area contributed by atoms with Gasteiger partial charge in [0.05, 0.1) is 18.8 Å². The van der Waals surface area contributed by atoms with Crippen molar-refractivity contribution in [2.24, 2.45) is 0 Å². The van der Waals surface area contributed by atoms with E-state index in [0.717, 1.165) is 17.0 Å². The number of nitrogen functional groups attached to an aromatic ring is 1. The largest absolute Gasteiger partial charge is 0.489 e. The Labute approximate surface area is 129 Å². The molecule has 0 aliphatic carbocycles. The molecule has 0 atom stereocenters. The van der Waals surface area contributed by atoms with Gasteiger partial charge in [0.2, 0.25) is 5.91 Å². The van der Waals surface area contributed by atoms with Gasteiger partial charge >= 0.3 is 0 Å². The summed E-state index contributed by atoms with van der Waals surface area (Å²) >= 11 is 0. The number of hydrogen-bond donors (Lipinski definition) is 2. The van der Waals surface area contributed by atoms with Gasteiger partial charge in [0.1, 0.15) is 18.0 Å². The van der Waals surface area contributed by atoms with E-state index in [1.165, 1.54) is 0 Å². The second-order valence-electron chi connectivity index (χ2n) is 5.23. The van der Waals surface area contributed by atoms with Crippen LogP contribution in [0.1, 0.15) is 5.56 Å². The molecule has 1 amide bonds. The number of benzene rings is 2. The number of hydrogen-bond acceptors (Lipinski definition) is 4. The lowest BCUT2D eigenvalue weighted by atomic mass is 10.2. The highest BCUT2D eigenvalue weighted by atomic mass is 16.5. The standard InChI is InChI=1S/C17H19N3O2/c18-14-7-4-8-15-17(14)20(9-10-22-15)12-16(21)19-11-13-5-2-1-3-6-13/h1-8H,9-12,18H2,(H,19,21). The van der Waals surface area contributed by atoms with Crippen molar-refractivity contribution < 1.29 is 9.53 Å². The van der Waals surface area contributed by atoms with Crippen molar-refractivity contribution in [3.63, 3.8) is 0 Å². The van der Waals surface area contributed by atoms with Gasteiger partial charge in [-0.3, -0.25) is 4.79 Å². The van der Waals surface area contributed by atoms with Crippen molar-refractivity contribution in [1.82, 2.24) is 5.32 Å². The Morgan fingerprint density at radius 1 is 1.18 bits per heavy atom. The molecule has 1 aliphatic heterocycles. The minimum absolute atomic E-state index is 0.0278. The number of nitrogens with one attached hydrogen (secondary N) is 1. The predicted octanol–water partition coefficient (Wildman–Crippen LogP) is 1.78. The molecule has 0 aromatic heterocycles. The second-order valence-corrected chi connectivity index (χ2v) is 5.23. The van der Waals surface area contributed by atoms with Crippen LogP contribution in [0, 0.1) is 0 Å². The second kappa shape index (κ2) is 6.39. The molecule has 0 bridgehead atoms. The average Bonchev–Trinajstić information content (AvgIpc) is 2.54. The highest BCUT2D eigenvalue weighted by Gasteiger charge is 2.22. The van der Waals surface area contributed by atoms with Gasteiger partial charge in [-0.05, 0) is 17.7 Å². The Morgan fingerprint density at radius 2 is 2.00 bits per heavy atom. The van der Waals surface area contributed by atoms with E-state index in [9.17, 15) is 4.79 Å². The Morgan fingerprint density at radius 3 is 2.82 bits per heavy atom. The molecule has 0 saturated heterocycles. The van der Waals surface area contributed by atoms with E-state index < -0.39 is 0 Å². The summed E-state index contributed by atoms with van der Waals surface area (Å²) in [6.07, 6.45) is 0. The molecule has 3 rings (SSSR count). The van der Waals surface area contributed by atoms with Crippen LogP contribution in [0.15, 0.2) is 48.5 Å². The summed E-state index contributed by atoms with van der Waals surface area (Å²) in [4.78, 5) is 14.1. The fraction of sp³-hybridized carbons (Fsp3) is 0.235. The van der Waals surface area contributed by atoms with E-state index in [2.05, 4.69) is 5.32 Å². The van der Waals surface area contributed by atoms with E-state index in [1.807, 2.05) is 53.4 Å². The number of ether oxygens (including phenoxy) is 1. The Hall–Kier alpha value is -2.69. The van der Waals surface area contributed by atoms with Gasteiger partial charge < -0.3 is 20.7 Å². The summed E-state index contributed by atoms with van der Waals surface area (Å²) in [5, 5.41) is 2.93. The van der Waals surface area contributed by atoms with Crippen LogP contribution in [0.2, 0.25) is 0 Å². The molecule has 2 aromatic rings. The molecule has 5 nitrogen and oxygen atoms in total. The quantitative estimate of drug-likeness (QED) is 0.844. The summed E-state index contributed by atoms with van der Waals surface area (Å²) in [6, 6.07) is 15.4. The fourth-order valence-electron chi connectivity index (χ4n) is 2.56. The van der Waals surface area contributed by atoms with E-state index in [4.69, 9.17) is 10.5 Å². The molecule has 22 heavy (non-hydrogen) atoms. The summed E-state index contributed by atoms with van der Waals surface area (Å²) in [5.41, 5.74) is 8.54. The van der Waals surface area contributed by atoms with Gasteiger partial charge in [-0.25, -0.2) is 0 Å². The number of nitrogens with two attached hydrogens (primary N) is 1. The molecule has 0 radical (unpaired) electrons. The first-order valence-electron chi connectivity index (χ1n) is 7.31. The lowest BCUT2D eigenvalue weighted by Gasteiger charge is -2.31. The molecule has 1 aliphatic rings. The van der Waals surface area contributed by atoms with Crippen LogP contribution in [-0.4, -0.2) is 25.6 Å². The third kappa shape index (κ3) is 3.14. The molecule has 0 saturated carbocycles. The highest BCUT2D eigenvalue weighted by Crippen LogP contribution is 2.36. The van der Waals surface area contributed by atoms with Crippen molar-refractivity contribution in [2.45, 2.75) is 6.54 Å². The zero-order chi connectivity index (χ0) is 15.4. The molecule has 0 unspecified atom stereocenters. The molecule has 1 heterocycles. The maximum Gasteiger partial charge on any atom is 0.239 e. The maximum absolute atomic E-state index is 12.2. The van der Waals surface area contributed by atoms with Gasteiger partial charge in [0.15, 0.2) is 0 Å². The third-order valence-corrected chi connectivity index (χ3v) is 3.63. The molecule has 3 N–H and O–H groups in total.